The number of nitrogens with zero attached hydrogens (tertiary/aromatic N) is 2. The Morgan fingerprint density at radius 2 is 1.70 bits per heavy atom. The van der Waals surface area contributed by atoms with Gasteiger partial charge >= 0.3 is 6.61 Å². The van der Waals surface area contributed by atoms with Crippen LogP contribution in [0.5, 0.6) is 11.5 Å². The van der Waals surface area contributed by atoms with Crippen molar-refractivity contribution in [1.29, 1.82) is 0 Å². The van der Waals surface area contributed by atoms with Gasteiger partial charge in [-0.05, 0) is 60.2 Å². The van der Waals surface area contributed by atoms with Crippen molar-refractivity contribution in [3.8, 4) is 11.5 Å². The van der Waals surface area contributed by atoms with Crippen molar-refractivity contribution in [2.24, 2.45) is 0 Å². The van der Waals surface area contributed by atoms with E-state index in [2.05, 4.69) is 9.84 Å². The van der Waals surface area contributed by atoms with Crippen molar-refractivity contribution in [2.45, 2.75) is 22.9 Å². The van der Waals surface area contributed by atoms with Crippen molar-refractivity contribution in [1.82, 2.24) is 9.78 Å². The number of ether oxygens (including phenoxy) is 2. The zero-order chi connectivity index (χ0) is 23.6. The second kappa shape index (κ2) is 8.99. The van der Waals surface area contributed by atoms with Crippen LogP contribution in [0.25, 0.3) is 10.8 Å². The number of hydrogen-bond acceptors (Lipinski definition) is 6. The van der Waals surface area contributed by atoms with E-state index in [0.29, 0.717) is 16.7 Å². The first-order valence-corrected chi connectivity index (χ1v) is 11.2. The first kappa shape index (κ1) is 22.4. The van der Waals surface area contributed by atoms with E-state index >= 15 is 0 Å². The van der Waals surface area contributed by atoms with Crippen LogP contribution in [-0.4, -0.2) is 31.9 Å². The van der Waals surface area contributed by atoms with E-state index in [1.807, 2.05) is 0 Å². The number of hydrogen-bond donors (Lipinski definition) is 0. The van der Waals surface area contributed by atoms with Gasteiger partial charge in [-0.15, -0.1) is 0 Å². The van der Waals surface area contributed by atoms with Crippen molar-refractivity contribution in [3.63, 3.8) is 0 Å². The van der Waals surface area contributed by atoms with E-state index in [0.717, 1.165) is 0 Å². The largest absolute Gasteiger partial charge is 0.497 e. The number of benzene rings is 3. The van der Waals surface area contributed by atoms with Gasteiger partial charge in [-0.1, -0.05) is 12.1 Å². The summed E-state index contributed by atoms with van der Waals surface area (Å²) in [6.07, 6.45) is 1.39. The molecular formula is C23H18F2N2O5S. The monoisotopic (exact) mass is 472 g/mol. The zero-order valence-electron chi connectivity index (χ0n) is 17.3. The minimum absolute atomic E-state index is 0.0234. The van der Waals surface area contributed by atoms with Crippen molar-refractivity contribution < 1.29 is 26.7 Å². The minimum Gasteiger partial charge on any atom is -0.497 e. The Bertz CT molecular complexity index is 1470. The molecule has 4 rings (SSSR count). The van der Waals surface area contributed by atoms with Crippen LogP contribution in [0.15, 0.2) is 87.5 Å². The molecule has 0 unspecified atom stereocenters. The van der Waals surface area contributed by atoms with Gasteiger partial charge < -0.3 is 9.47 Å². The lowest BCUT2D eigenvalue weighted by atomic mass is 10.2. The van der Waals surface area contributed by atoms with Gasteiger partial charge in [-0.2, -0.15) is 13.9 Å². The Morgan fingerprint density at radius 1 is 0.970 bits per heavy atom. The van der Waals surface area contributed by atoms with Crippen molar-refractivity contribution in [2.75, 3.05) is 7.11 Å². The molecule has 0 aliphatic carbocycles. The van der Waals surface area contributed by atoms with Crippen LogP contribution in [0.4, 0.5) is 8.78 Å². The van der Waals surface area contributed by atoms with E-state index in [1.54, 1.807) is 18.2 Å². The van der Waals surface area contributed by atoms with Gasteiger partial charge in [0.1, 0.15) is 11.5 Å². The molecule has 7 nitrogen and oxygen atoms in total. The van der Waals surface area contributed by atoms with Crippen molar-refractivity contribution >= 4 is 20.6 Å². The Labute approximate surface area is 187 Å². The van der Waals surface area contributed by atoms with Crippen LogP contribution in [0.2, 0.25) is 0 Å². The molecule has 0 aliphatic rings. The Hall–Kier alpha value is -3.79. The van der Waals surface area contributed by atoms with Gasteiger partial charge in [-0.25, -0.2) is 13.1 Å². The van der Waals surface area contributed by atoms with Gasteiger partial charge in [-0.3, -0.25) is 4.79 Å². The molecule has 170 valence electrons. The smallest absolute Gasteiger partial charge is 0.387 e. The predicted octanol–water partition coefficient (Wildman–Crippen LogP) is 3.89. The van der Waals surface area contributed by atoms with Gasteiger partial charge in [0.15, 0.2) is 0 Å². The topological polar surface area (TPSA) is 87.5 Å². The fourth-order valence-corrected chi connectivity index (χ4v) is 4.63. The summed E-state index contributed by atoms with van der Waals surface area (Å²) >= 11 is 0. The second-order valence-electron chi connectivity index (χ2n) is 7.06. The number of alkyl halides is 2. The maximum Gasteiger partial charge on any atom is 0.387 e. The highest BCUT2D eigenvalue weighted by Crippen LogP contribution is 2.25. The molecule has 0 aliphatic heterocycles. The summed E-state index contributed by atoms with van der Waals surface area (Å²) in [5, 5.41) is 4.75. The Morgan fingerprint density at radius 3 is 2.39 bits per heavy atom. The first-order valence-electron chi connectivity index (χ1n) is 9.71. The standard InChI is InChI=1S/C23H18F2N2O5S/c1-31-17-5-7-19(8-6-17)33(29,30)20-9-10-21-16(12-20)13-26-27(22(21)28)14-15-3-2-4-18(11-15)32-23(24)25/h2-13,23H,14H2,1H3. The van der Waals surface area contributed by atoms with Crippen LogP contribution in [0.1, 0.15) is 5.56 Å². The maximum atomic E-state index is 13.0. The van der Waals surface area contributed by atoms with Crippen LogP contribution in [0, 0.1) is 0 Å². The molecule has 10 heteroatoms. The molecule has 0 saturated heterocycles. The van der Waals surface area contributed by atoms with Gasteiger partial charge in [0, 0.05) is 5.39 Å². The average molecular weight is 472 g/mol. The van der Waals surface area contributed by atoms with Crippen LogP contribution < -0.4 is 15.0 Å². The normalized spacial score (nSPS) is 11.6. The lowest BCUT2D eigenvalue weighted by Crippen LogP contribution is -2.23. The molecule has 0 radical (unpaired) electrons. The number of methoxy groups -OCH3 is 1. The van der Waals surface area contributed by atoms with E-state index in [-0.39, 0.29) is 27.5 Å². The lowest BCUT2D eigenvalue weighted by molar-refractivity contribution is -0.0498. The van der Waals surface area contributed by atoms with Gasteiger partial charge in [0.25, 0.3) is 5.56 Å². The lowest BCUT2D eigenvalue weighted by Gasteiger charge is -2.10. The Balaban J connectivity index is 1.66. The van der Waals surface area contributed by atoms with Crippen LogP contribution in [0.3, 0.4) is 0 Å². The maximum absolute atomic E-state index is 13.0. The number of fused-ring (bicyclic) bond motifs is 1. The molecule has 0 spiro atoms. The highest BCUT2D eigenvalue weighted by atomic mass is 32.2. The SMILES string of the molecule is COc1ccc(S(=O)(=O)c2ccc3c(=O)n(Cc4cccc(OC(F)F)c4)ncc3c2)cc1. The van der Waals surface area contributed by atoms with E-state index in [1.165, 1.54) is 66.5 Å². The number of halogens is 2. The summed E-state index contributed by atoms with van der Waals surface area (Å²) in [5.74, 6) is 0.508. The highest BCUT2D eigenvalue weighted by Gasteiger charge is 2.19. The summed E-state index contributed by atoms with van der Waals surface area (Å²) in [7, 11) is -2.32. The molecule has 1 heterocycles. The molecule has 0 atom stereocenters. The Kier molecular flexibility index (Phi) is 6.10. The quantitative estimate of drug-likeness (QED) is 0.406. The molecule has 33 heavy (non-hydrogen) atoms. The zero-order valence-corrected chi connectivity index (χ0v) is 18.1. The molecule has 0 fully saturated rings. The summed E-state index contributed by atoms with van der Waals surface area (Å²) < 4.78 is 61.4. The molecule has 0 N–H and O–H groups in total. The third-order valence-corrected chi connectivity index (χ3v) is 6.73. The van der Waals surface area contributed by atoms with E-state index < -0.39 is 22.0 Å². The fourth-order valence-electron chi connectivity index (χ4n) is 3.33. The molecule has 4 aromatic rings. The molecule has 0 saturated carbocycles. The fraction of sp³-hybridized carbons (Fsp3) is 0.130. The number of rotatable bonds is 7. The molecule has 3 aromatic carbocycles. The summed E-state index contributed by atoms with van der Waals surface area (Å²) in [4.78, 5) is 13.0. The predicted molar refractivity (Wildman–Crippen MR) is 117 cm³/mol. The van der Waals surface area contributed by atoms with Crippen LogP contribution >= 0.6 is 0 Å². The first-order chi connectivity index (χ1) is 15.8. The molecular weight excluding hydrogens is 454 g/mol. The van der Waals surface area contributed by atoms with E-state index in [4.69, 9.17) is 4.74 Å². The van der Waals surface area contributed by atoms with Crippen LogP contribution in [-0.2, 0) is 16.4 Å². The average Bonchev–Trinajstić information content (AvgIpc) is 2.80. The number of sulfone groups is 1. The van der Waals surface area contributed by atoms with Gasteiger partial charge in [0.05, 0.1) is 35.0 Å². The summed E-state index contributed by atoms with van der Waals surface area (Å²) in [5.41, 5.74) is 0.0990. The second-order valence-corrected chi connectivity index (χ2v) is 9.01. The summed E-state index contributed by atoms with van der Waals surface area (Å²) in [6, 6.07) is 16.2. The summed E-state index contributed by atoms with van der Waals surface area (Å²) in [6.45, 7) is -2.92. The van der Waals surface area contributed by atoms with Gasteiger partial charge in [0.2, 0.25) is 9.84 Å². The molecule has 0 bridgehead atoms. The third-order valence-electron chi connectivity index (χ3n) is 4.96. The number of aromatic nitrogens is 2. The highest BCUT2D eigenvalue weighted by molar-refractivity contribution is 7.91. The third kappa shape index (κ3) is 4.70. The van der Waals surface area contributed by atoms with E-state index in [9.17, 15) is 22.0 Å². The minimum atomic E-state index is -3.81. The molecule has 0 amide bonds. The van der Waals surface area contributed by atoms with Crippen molar-refractivity contribution in [3.05, 3.63) is 88.8 Å². The molecule has 1 aromatic heterocycles.